The Hall–Kier alpha value is -1.40. The summed E-state index contributed by atoms with van der Waals surface area (Å²) in [5, 5.41) is 8.92. The van der Waals surface area contributed by atoms with Crippen LogP contribution in [0.4, 0.5) is 0 Å². The molecule has 1 aliphatic carbocycles. The van der Waals surface area contributed by atoms with Crippen LogP contribution >= 0.6 is 0 Å². The van der Waals surface area contributed by atoms with E-state index in [1.54, 1.807) is 12.1 Å². The van der Waals surface area contributed by atoms with Crippen molar-refractivity contribution in [1.82, 2.24) is 4.72 Å². The van der Waals surface area contributed by atoms with Gasteiger partial charge in [0.1, 0.15) is 0 Å². The fraction of sp³-hybridized carbons (Fsp3) is 0.533. The monoisotopic (exact) mass is 311 g/mol. The summed E-state index contributed by atoms with van der Waals surface area (Å²) in [6, 6.07) is 6.05. The Bertz CT molecular complexity index is 615. The van der Waals surface area contributed by atoms with Crippen LogP contribution in [0.5, 0.6) is 0 Å². The van der Waals surface area contributed by atoms with E-state index in [9.17, 15) is 13.2 Å². The number of carboxylic acids is 1. The number of rotatable bonds is 7. The Kier molecular flexibility index (Phi) is 4.68. The second kappa shape index (κ2) is 6.15. The highest BCUT2D eigenvalue weighted by Gasteiger charge is 2.35. The fourth-order valence-electron chi connectivity index (χ4n) is 2.66. The van der Waals surface area contributed by atoms with Gasteiger partial charge in [-0.2, -0.15) is 0 Å². The summed E-state index contributed by atoms with van der Waals surface area (Å²) in [5.74, 6) is -1.24. The van der Waals surface area contributed by atoms with Crippen molar-refractivity contribution in [3.63, 3.8) is 0 Å². The minimum atomic E-state index is -3.44. The van der Waals surface area contributed by atoms with Crippen LogP contribution in [0.1, 0.15) is 48.5 Å². The van der Waals surface area contributed by atoms with E-state index in [1.165, 1.54) is 12.1 Å². The van der Waals surface area contributed by atoms with E-state index < -0.39 is 16.0 Å². The van der Waals surface area contributed by atoms with Crippen molar-refractivity contribution in [1.29, 1.82) is 0 Å². The second-order valence-electron chi connectivity index (χ2n) is 5.79. The topological polar surface area (TPSA) is 83.5 Å². The van der Waals surface area contributed by atoms with E-state index in [4.69, 9.17) is 5.11 Å². The van der Waals surface area contributed by atoms with Gasteiger partial charge in [0.15, 0.2) is 0 Å². The molecule has 0 aliphatic heterocycles. The number of hydrogen-bond acceptors (Lipinski definition) is 3. The third kappa shape index (κ3) is 4.04. The van der Waals surface area contributed by atoms with Crippen molar-refractivity contribution in [2.75, 3.05) is 6.54 Å². The van der Waals surface area contributed by atoms with Gasteiger partial charge in [-0.05, 0) is 42.4 Å². The van der Waals surface area contributed by atoms with Crippen molar-refractivity contribution in [2.45, 2.75) is 38.4 Å². The van der Waals surface area contributed by atoms with Gasteiger partial charge in [0.25, 0.3) is 0 Å². The average molecular weight is 311 g/mol. The maximum absolute atomic E-state index is 12.1. The molecule has 5 nitrogen and oxygen atoms in total. The van der Waals surface area contributed by atoms with Crippen LogP contribution in [0, 0.1) is 5.41 Å². The van der Waals surface area contributed by atoms with Crippen molar-refractivity contribution in [3.8, 4) is 0 Å². The molecular weight excluding hydrogens is 290 g/mol. The van der Waals surface area contributed by atoms with Crippen molar-refractivity contribution in [2.24, 2.45) is 5.41 Å². The highest BCUT2D eigenvalue weighted by molar-refractivity contribution is 7.88. The van der Waals surface area contributed by atoms with Gasteiger partial charge in [0.2, 0.25) is 10.0 Å². The molecule has 1 saturated carbocycles. The standard InChI is InChI=1S/C15H21NO4S/c1-2-15(7-4-8-15)11-16-21(19,20)10-12-5-3-6-13(9-12)14(17)18/h3,5-6,9,16H,2,4,7-8,10-11H2,1H3,(H,17,18). The second-order valence-corrected chi connectivity index (χ2v) is 7.60. The smallest absolute Gasteiger partial charge is 0.335 e. The average Bonchev–Trinajstić information content (AvgIpc) is 2.37. The fourth-order valence-corrected chi connectivity index (χ4v) is 3.91. The summed E-state index contributed by atoms with van der Waals surface area (Å²) in [4.78, 5) is 10.9. The quantitative estimate of drug-likeness (QED) is 0.810. The predicted octanol–water partition coefficient (Wildman–Crippen LogP) is 2.38. The van der Waals surface area contributed by atoms with Crippen LogP contribution in [-0.4, -0.2) is 26.0 Å². The van der Waals surface area contributed by atoms with Gasteiger partial charge < -0.3 is 5.11 Å². The van der Waals surface area contributed by atoms with Gasteiger partial charge in [-0.1, -0.05) is 25.5 Å². The Morgan fingerprint density at radius 3 is 2.62 bits per heavy atom. The maximum atomic E-state index is 12.1. The number of carboxylic acid groups (broad SMARTS) is 1. The highest BCUT2D eigenvalue weighted by atomic mass is 32.2. The lowest BCUT2D eigenvalue weighted by Crippen LogP contribution is -2.42. The van der Waals surface area contributed by atoms with Gasteiger partial charge in [-0.25, -0.2) is 17.9 Å². The van der Waals surface area contributed by atoms with E-state index in [0.717, 1.165) is 25.7 Å². The number of nitrogens with one attached hydrogen (secondary N) is 1. The Morgan fingerprint density at radius 1 is 1.38 bits per heavy atom. The highest BCUT2D eigenvalue weighted by Crippen LogP contribution is 2.43. The number of carbonyl (C=O) groups is 1. The third-order valence-corrected chi connectivity index (χ3v) is 5.66. The van der Waals surface area contributed by atoms with E-state index in [-0.39, 0.29) is 16.7 Å². The molecule has 0 saturated heterocycles. The van der Waals surface area contributed by atoms with E-state index >= 15 is 0 Å². The number of aromatic carboxylic acids is 1. The lowest BCUT2D eigenvalue weighted by Gasteiger charge is -2.41. The van der Waals surface area contributed by atoms with Crippen LogP contribution in [0.3, 0.4) is 0 Å². The van der Waals surface area contributed by atoms with Gasteiger partial charge >= 0.3 is 5.97 Å². The van der Waals surface area contributed by atoms with Crippen molar-refractivity contribution >= 4 is 16.0 Å². The Balaban J connectivity index is 2.00. The minimum absolute atomic E-state index is 0.103. The molecular formula is C15H21NO4S. The molecule has 0 atom stereocenters. The van der Waals surface area contributed by atoms with E-state index in [1.807, 2.05) is 0 Å². The van der Waals surface area contributed by atoms with Gasteiger partial charge in [0.05, 0.1) is 11.3 Å². The molecule has 6 heteroatoms. The molecule has 2 rings (SSSR count). The van der Waals surface area contributed by atoms with Crippen LogP contribution in [0.15, 0.2) is 24.3 Å². The Labute approximate surface area is 125 Å². The first-order chi connectivity index (χ1) is 9.86. The first-order valence-electron chi connectivity index (χ1n) is 7.15. The summed E-state index contributed by atoms with van der Waals surface area (Å²) in [6.07, 6.45) is 4.28. The van der Waals surface area contributed by atoms with E-state index in [0.29, 0.717) is 12.1 Å². The molecule has 0 unspecified atom stereocenters. The molecule has 0 radical (unpaired) electrons. The Morgan fingerprint density at radius 2 is 2.10 bits per heavy atom. The summed E-state index contributed by atoms with van der Waals surface area (Å²) in [5.41, 5.74) is 0.712. The SMILES string of the molecule is CCC1(CNS(=O)(=O)Cc2cccc(C(=O)O)c2)CCC1. The zero-order valence-electron chi connectivity index (χ0n) is 12.1. The molecule has 0 spiro atoms. The molecule has 1 aromatic rings. The summed E-state index contributed by atoms with van der Waals surface area (Å²) < 4.78 is 26.9. The lowest BCUT2D eigenvalue weighted by molar-refractivity contribution is 0.0696. The zero-order valence-corrected chi connectivity index (χ0v) is 12.9. The molecule has 21 heavy (non-hydrogen) atoms. The largest absolute Gasteiger partial charge is 0.478 e. The van der Waals surface area contributed by atoms with Gasteiger partial charge in [0, 0.05) is 6.54 Å². The van der Waals surface area contributed by atoms with Crippen molar-refractivity contribution in [3.05, 3.63) is 35.4 Å². The summed E-state index contributed by atoms with van der Waals surface area (Å²) in [6.45, 7) is 2.56. The van der Waals surface area contributed by atoms with Gasteiger partial charge in [-0.3, -0.25) is 0 Å². The number of benzene rings is 1. The number of sulfonamides is 1. The lowest BCUT2D eigenvalue weighted by atomic mass is 9.67. The predicted molar refractivity (Wildman–Crippen MR) is 80.6 cm³/mol. The summed E-state index contributed by atoms with van der Waals surface area (Å²) in [7, 11) is -3.44. The molecule has 2 N–H and O–H groups in total. The molecule has 0 heterocycles. The molecule has 1 fully saturated rings. The van der Waals surface area contributed by atoms with Crippen molar-refractivity contribution < 1.29 is 18.3 Å². The molecule has 1 aromatic carbocycles. The first-order valence-corrected chi connectivity index (χ1v) is 8.81. The minimum Gasteiger partial charge on any atom is -0.478 e. The van der Waals surface area contributed by atoms with Crippen LogP contribution in [0.2, 0.25) is 0 Å². The normalized spacial score (nSPS) is 17.2. The van der Waals surface area contributed by atoms with Crippen LogP contribution < -0.4 is 4.72 Å². The maximum Gasteiger partial charge on any atom is 0.335 e. The first kappa shape index (κ1) is 16.0. The zero-order chi connectivity index (χ0) is 15.5. The van der Waals surface area contributed by atoms with E-state index in [2.05, 4.69) is 11.6 Å². The van der Waals surface area contributed by atoms with Crippen LogP contribution in [-0.2, 0) is 15.8 Å². The molecule has 1 aliphatic rings. The molecule has 0 aromatic heterocycles. The summed E-state index contributed by atoms with van der Waals surface area (Å²) >= 11 is 0. The number of hydrogen-bond donors (Lipinski definition) is 2. The van der Waals surface area contributed by atoms with Crippen LogP contribution in [0.25, 0.3) is 0 Å². The molecule has 116 valence electrons. The molecule has 0 amide bonds. The third-order valence-electron chi connectivity index (χ3n) is 4.36. The van der Waals surface area contributed by atoms with Gasteiger partial charge in [-0.15, -0.1) is 0 Å². The molecule has 0 bridgehead atoms.